The molecule has 0 unspecified atom stereocenters. The molecule has 0 atom stereocenters. The number of methoxy groups -OCH3 is 1. The fourth-order valence-electron chi connectivity index (χ4n) is 3.44. The first-order valence-corrected chi connectivity index (χ1v) is 10.6. The Kier molecular flexibility index (Phi) is 5.06. The molecular formula is C25H19N3O2S. The van der Waals surface area contributed by atoms with Crippen LogP contribution in [0.2, 0.25) is 0 Å². The van der Waals surface area contributed by atoms with Crippen molar-refractivity contribution in [1.29, 1.82) is 0 Å². The zero-order valence-corrected chi connectivity index (χ0v) is 17.6. The van der Waals surface area contributed by atoms with Gasteiger partial charge in [0.05, 0.1) is 12.8 Å². The summed E-state index contributed by atoms with van der Waals surface area (Å²) in [6.07, 6.45) is 1.64. The summed E-state index contributed by atoms with van der Waals surface area (Å²) in [5, 5.41) is 8.85. The van der Waals surface area contributed by atoms with Crippen LogP contribution in [0.15, 0.2) is 95.9 Å². The molecule has 4 aromatic rings. The number of ketones is 1. The molecule has 0 saturated heterocycles. The molecule has 3 aromatic carbocycles. The summed E-state index contributed by atoms with van der Waals surface area (Å²) in [6, 6.07) is 27.2. The highest BCUT2D eigenvalue weighted by atomic mass is 32.2. The van der Waals surface area contributed by atoms with Crippen LogP contribution in [0, 0.1) is 0 Å². The van der Waals surface area contributed by atoms with Gasteiger partial charge in [0.15, 0.2) is 11.6 Å². The Hall–Kier alpha value is -3.77. The molecule has 2 heterocycles. The summed E-state index contributed by atoms with van der Waals surface area (Å²) < 4.78 is 7.02. The number of allylic oxidation sites excluding steroid dienone is 1. The Morgan fingerprint density at radius 1 is 1.00 bits per heavy atom. The predicted molar refractivity (Wildman–Crippen MR) is 125 cm³/mol. The van der Waals surface area contributed by atoms with E-state index in [0.717, 1.165) is 38.4 Å². The molecule has 1 aliphatic heterocycles. The number of thioether (sulfide) groups is 1. The van der Waals surface area contributed by atoms with E-state index in [1.807, 2.05) is 53.2 Å². The van der Waals surface area contributed by atoms with Gasteiger partial charge in [0.25, 0.3) is 0 Å². The van der Waals surface area contributed by atoms with Gasteiger partial charge in [0, 0.05) is 33.9 Å². The Balaban J connectivity index is 1.54. The number of carbonyl (C=O) groups excluding carboxylic acids is 1. The van der Waals surface area contributed by atoms with Gasteiger partial charge in [-0.05, 0) is 42.5 Å². The molecule has 152 valence electrons. The lowest BCUT2D eigenvalue weighted by molar-refractivity contribution is 0.104. The van der Waals surface area contributed by atoms with Crippen molar-refractivity contribution in [2.45, 2.75) is 4.90 Å². The molecule has 5 nitrogen and oxygen atoms in total. The number of fused-ring (bicyclic) bond motifs is 3. The molecule has 0 saturated carbocycles. The number of ether oxygens (including phenoxy) is 1. The molecule has 0 aliphatic carbocycles. The number of anilines is 2. The van der Waals surface area contributed by atoms with E-state index >= 15 is 0 Å². The molecule has 0 bridgehead atoms. The van der Waals surface area contributed by atoms with E-state index in [0.29, 0.717) is 5.56 Å². The van der Waals surface area contributed by atoms with Crippen molar-refractivity contribution in [3.05, 3.63) is 96.6 Å². The molecule has 6 heteroatoms. The van der Waals surface area contributed by atoms with E-state index in [-0.39, 0.29) is 5.78 Å². The first-order valence-electron chi connectivity index (χ1n) is 9.81. The van der Waals surface area contributed by atoms with Crippen molar-refractivity contribution in [2.24, 2.45) is 0 Å². The third kappa shape index (κ3) is 3.85. The van der Waals surface area contributed by atoms with E-state index in [4.69, 9.17) is 9.84 Å². The zero-order valence-electron chi connectivity index (χ0n) is 16.8. The average molecular weight is 426 g/mol. The summed E-state index contributed by atoms with van der Waals surface area (Å²) in [7, 11) is 1.61. The zero-order chi connectivity index (χ0) is 21.2. The minimum atomic E-state index is -0.0800. The fraction of sp³-hybridized carbons (Fsp3) is 0.0400. The Labute approximate surface area is 184 Å². The molecule has 1 aliphatic rings. The normalized spacial score (nSPS) is 13.4. The van der Waals surface area contributed by atoms with Gasteiger partial charge in [-0.2, -0.15) is 0 Å². The third-order valence-corrected chi connectivity index (χ3v) is 6.05. The molecular weight excluding hydrogens is 406 g/mol. The molecule has 0 amide bonds. The minimum absolute atomic E-state index is 0.0800. The second-order valence-electron chi connectivity index (χ2n) is 6.99. The summed E-state index contributed by atoms with van der Waals surface area (Å²) in [4.78, 5) is 14.0. The largest absolute Gasteiger partial charge is 0.497 e. The van der Waals surface area contributed by atoms with Crippen molar-refractivity contribution < 1.29 is 9.53 Å². The van der Waals surface area contributed by atoms with Crippen LogP contribution in [0.3, 0.4) is 0 Å². The smallest absolute Gasteiger partial charge is 0.188 e. The molecule has 1 N–H and O–H groups in total. The van der Waals surface area contributed by atoms with E-state index in [9.17, 15) is 4.79 Å². The van der Waals surface area contributed by atoms with Crippen molar-refractivity contribution in [2.75, 3.05) is 12.4 Å². The number of aromatic nitrogens is 2. The molecule has 0 fully saturated rings. The SMILES string of the molecule is COc1ccc(C(=O)/C=C2/Sc3ccccc3-c3cc(Nc4ccccc4)nn32)cc1. The predicted octanol–water partition coefficient (Wildman–Crippen LogP) is 6.09. The van der Waals surface area contributed by atoms with Gasteiger partial charge in [0.1, 0.15) is 10.8 Å². The van der Waals surface area contributed by atoms with Gasteiger partial charge in [-0.15, -0.1) is 5.10 Å². The topological polar surface area (TPSA) is 56.1 Å². The van der Waals surface area contributed by atoms with Gasteiger partial charge in [-0.25, -0.2) is 4.68 Å². The van der Waals surface area contributed by atoms with Gasteiger partial charge in [0.2, 0.25) is 0 Å². The van der Waals surface area contributed by atoms with Crippen LogP contribution in [0.1, 0.15) is 10.4 Å². The highest BCUT2D eigenvalue weighted by Gasteiger charge is 2.23. The lowest BCUT2D eigenvalue weighted by Gasteiger charge is -2.19. The molecule has 0 spiro atoms. The highest BCUT2D eigenvalue weighted by Crippen LogP contribution is 2.45. The summed E-state index contributed by atoms with van der Waals surface area (Å²) in [6.45, 7) is 0. The van der Waals surface area contributed by atoms with Crippen LogP contribution in [-0.2, 0) is 0 Å². The Bertz CT molecular complexity index is 1280. The molecule has 1 aromatic heterocycles. The fourth-order valence-corrected chi connectivity index (χ4v) is 4.48. The lowest BCUT2D eigenvalue weighted by atomic mass is 10.1. The number of para-hydroxylation sites is 1. The van der Waals surface area contributed by atoms with E-state index < -0.39 is 0 Å². The first kappa shape index (κ1) is 19.2. The second kappa shape index (κ2) is 8.16. The van der Waals surface area contributed by atoms with Crippen LogP contribution >= 0.6 is 11.8 Å². The molecule has 0 radical (unpaired) electrons. The van der Waals surface area contributed by atoms with Crippen molar-refractivity contribution >= 4 is 34.1 Å². The lowest BCUT2D eigenvalue weighted by Crippen LogP contribution is -2.07. The second-order valence-corrected chi connectivity index (χ2v) is 8.05. The monoisotopic (exact) mass is 425 g/mol. The van der Waals surface area contributed by atoms with Gasteiger partial charge >= 0.3 is 0 Å². The maximum atomic E-state index is 12.9. The van der Waals surface area contributed by atoms with Crippen LogP contribution < -0.4 is 10.1 Å². The third-order valence-electron chi connectivity index (χ3n) is 4.97. The molecule has 5 rings (SSSR count). The van der Waals surface area contributed by atoms with Crippen molar-refractivity contribution in [3.8, 4) is 17.0 Å². The van der Waals surface area contributed by atoms with Crippen molar-refractivity contribution in [1.82, 2.24) is 9.78 Å². The minimum Gasteiger partial charge on any atom is -0.497 e. The van der Waals surface area contributed by atoms with E-state index in [1.54, 1.807) is 37.5 Å². The highest BCUT2D eigenvalue weighted by molar-refractivity contribution is 8.08. The number of hydrogen-bond donors (Lipinski definition) is 1. The summed E-state index contributed by atoms with van der Waals surface area (Å²) >= 11 is 1.54. The van der Waals surface area contributed by atoms with Crippen LogP contribution in [0.5, 0.6) is 5.75 Å². The Morgan fingerprint density at radius 3 is 2.52 bits per heavy atom. The maximum Gasteiger partial charge on any atom is 0.188 e. The van der Waals surface area contributed by atoms with Crippen LogP contribution in [0.25, 0.3) is 16.3 Å². The quantitative estimate of drug-likeness (QED) is 0.310. The van der Waals surface area contributed by atoms with Gasteiger partial charge in [-0.1, -0.05) is 48.2 Å². The number of nitrogens with one attached hydrogen (secondary N) is 1. The Morgan fingerprint density at radius 2 is 1.74 bits per heavy atom. The van der Waals surface area contributed by atoms with Gasteiger partial charge < -0.3 is 10.1 Å². The number of rotatable bonds is 5. The number of hydrogen-bond acceptors (Lipinski definition) is 5. The first-order chi connectivity index (χ1) is 15.2. The van der Waals surface area contributed by atoms with E-state index in [1.165, 1.54) is 11.8 Å². The summed E-state index contributed by atoms with van der Waals surface area (Å²) in [5.74, 6) is 1.36. The molecule has 31 heavy (non-hydrogen) atoms. The van der Waals surface area contributed by atoms with E-state index in [2.05, 4.69) is 17.4 Å². The summed E-state index contributed by atoms with van der Waals surface area (Å²) in [5.41, 5.74) is 3.60. The van der Waals surface area contributed by atoms with Crippen LogP contribution in [-0.4, -0.2) is 22.7 Å². The maximum absolute atomic E-state index is 12.9. The standard InChI is InChI=1S/C25H19N3O2S/c1-30-19-13-11-17(12-14-19)22(29)16-25-28-21(20-9-5-6-10-23(20)31-25)15-24(27-28)26-18-7-3-2-4-8-18/h2-16H,1H3,(H,26,27)/b25-16+. The number of carbonyl (C=O) groups is 1. The van der Waals surface area contributed by atoms with Crippen LogP contribution in [0.4, 0.5) is 11.5 Å². The van der Waals surface area contributed by atoms with Gasteiger partial charge in [-0.3, -0.25) is 4.79 Å². The van der Waals surface area contributed by atoms with Crippen molar-refractivity contribution in [3.63, 3.8) is 0 Å². The number of nitrogens with zero attached hydrogens (tertiary/aromatic N) is 2. The average Bonchev–Trinajstić information content (AvgIpc) is 3.24. The number of benzene rings is 3.